The molecule has 5 nitrogen and oxygen atoms in total. The minimum atomic E-state index is -1.08. The number of carbonyl (C=O) groups excluding carboxylic acids is 1. The molecule has 0 spiro atoms. The van der Waals surface area contributed by atoms with Crippen LogP contribution in [-0.2, 0) is 21.6 Å². The summed E-state index contributed by atoms with van der Waals surface area (Å²) in [5, 5.41) is 11.9. The molecule has 0 bridgehead atoms. The first-order valence-corrected chi connectivity index (χ1v) is 3.43. The van der Waals surface area contributed by atoms with Crippen molar-refractivity contribution in [2.75, 3.05) is 26.2 Å². The van der Waals surface area contributed by atoms with Crippen LogP contribution in [0.4, 0.5) is 0 Å². The van der Waals surface area contributed by atoms with Crippen LogP contribution in [0, 0.1) is 0 Å². The Bertz CT molecular complexity index is 84.9. The fourth-order valence-corrected chi connectivity index (χ4v) is 0.329. The second-order valence-corrected chi connectivity index (χ2v) is 1.82. The van der Waals surface area contributed by atoms with Crippen LogP contribution in [0.5, 0.6) is 0 Å². The molecule has 0 fully saturated rings. The molecule has 0 aromatic rings. The SMILES string of the molecule is CC(=O)[O-].NCCNCCN.[Co+2]. The molecule has 5 N–H and O–H groups in total. The molecule has 6 heteroatoms. The van der Waals surface area contributed by atoms with E-state index >= 15 is 0 Å². The summed E-state index contributed by atoms with van der Waals surface area (Å²) >= 11 is 0. The Morgan fingerprint density at radius 1 is 1.33 bits per heavy atom. The van der Waals surface area contributed by atoms with E-state index < -0.39 is 5.97 Å². The predicted molar refractivity (Wildman–Crippen MR) is 41.7 cm³/mol. The van der Waals surface area contributed by atoms with Crippen LogP contribution in [0.3, 0.4) is 0 Å². The van der Waals surface area contributed by atoms with Crippen molar-refractivity contribution in [3.05, 3.63) is 0 Å². The summed E-state index contributed by atoms with van der Waals surface area (Å²) in [6.07, 6.45) is 0. The van der Waals surface area contributed by atoms with Gasteiger partial charge in [-0.3, -0.25) is 0 Å². The van der Waals surface area contributed by atoms with Crippen molar-refractivity contribution < 1.29 is 26.7 Å². The van der Waals surface area contributed by atoms with E-state index in [1.54, 1.807) is 0 Å². The standard InChI is InChI=1S/C4H13N3.C2H4O2.Co/c5-1-3-7-4-2-6;1-2(3)4;/h7H,1-6H2;1H3,(H,3,4);/q;;+2/p-1. The summed E-state index contributed by atoms with van der Waals surface area (Å²) in [4.78, 5) is 8.89. The molecule has 0 aliphatic heterocycles. The molecule has 0 amide bonds. The number of hydrogen-bond acceptors (Lipinski definition) is 5. The second kappa shape index (κ2) is 17.1. The Kier molecular flexibility index (Phi) is 25.4. The van der Waals surface area contributed by atoms with Gasteiger partial charge in [-0.25, -0.2) is 0 Å². The van der Waals surface area contributed by atoms with Gasteiger partial charge in [-0.1, -0.05) is 0 Å². The van der Waals surface area contributed by atoms with E-state index in [1.165, 1.54) is 0 Å². The molecule has 0 aliphatic rings. The number of nitrogens with two attached hydrogens (primary N) is 2. The smallest absolute Gasteiger partial charge is 0.550 e. The van der Waals surface area contributed by atoms with Crippen molar-refractivity contribution in [1.29, 1.82) is 0 Å². The zero-order valence-corrected chi connectivity index (χ0v) is 8.17. The molecule has 0 saturated carbocycles. The maximum absolute atomic E-state index is 8.89. The molecule has 0 saturated heterocycles. The van der Waals surface area contributed by atoms with E-state index in [0.717, 1.165) is 20.0 Å². The molecule has 0 aromatic heterocycles. The van der Waals surface area contributed by atoms with Crippen LogP contribution in [0.15, 0.2) is 0 Å². The molecule has 0 unspecified atom stereocenters. The van der Waals surface area contributed by atoms with E-state index in [-0.39, 0.29) is 16.8 Å². The average molecular weight is 221 g/mol. The number of carboxylic acids is 1. The summed E-state index contributed by atoms with van der Waals surface area (Å²) < 4.78 is 0. The second-order valence-electron chi connectivity index (χ2n) is 1.82. The first kappa shape index (κ1) is 17.8. The average Bonchev–Trinajstić information content (AvgIpc) is 1.88. The van der Waals surface area contributed by atoms with Gasteiger partial charge in [0.1, 0.15) is 0 Å². The zero-order valence-electron chi connectivity index (χ0n) is 7.13. The van der Waals surface area contributed by atoms with Gasteiger partial charge in [0.05, 0.1) is 0 Å². The molecular weight excluding hydrogens is 205 g/mol. The van der Waals surface area contributed by atoms with Crippen LogP contribution in [-0.4, -0.2) is 32.1 Å². The normalized spacial score (nSPS) is 7.58. The van der Waals surface area contributed by atoms with Gasteiger partial charge in [-0.2, -0.15) is 0 Å². The largest absolute Gasteiger partial charge is 2.00 e. The maximum Gasteiger partial charge on any atom is 2.00 e. The van der Waals surface area contributed by atoms with Gasteiger partial charge in [0.15, 0.2) is 0 Å². The first-order valence-electron chi connectivity index (χ1n) is 3.43. The van der Waals surface area contributed by atoms with Crippen molar-refractivity contribution in [2.45, 2.75) is 6.92 Å². The Morgan fingerprint density at radius 2 is 1.58 bits per heavy atom. The van der Waals surface area contributed by atoms with E-state index in [0.29, 0.717) is 13.1 Å². The van der Waals surface area contributed by atoms with E-state index in [4.69, 9.17) is 21.4 Å². The number of carboxylic acid groups (broad SMARTS) is 1. The third-order valence-corrected chi connectivity index (χ3v) is 0.642. The van der Waals surface area contributed by atoms with Crippen LogP contribution in [0.1, 0.15) is 6.92 Å². The molecule has 75 valence electrons. The van der Waals surface area contributed by atoms with Gasteiger partial charge in [-0.15, -0.1) is 0 Å². The van der Waals surface area contributed by atoms with Crippen molar-refractivity contribution in [3.8, 4) is 0 Å². The number of carbonyl (C=O) groups is 1. The third kappa shape index (κ3) is 52.0. The molecule has 0 heterocycles. The Morgan fingerprint density at radius 3 is 1.75 bits per heavy atom. The number of rotatable bonds is 4. The topological polar surface area (TPSA) is 104 Å². The monoisotopic (exact) mass is 221 g/mol. The zero-order chi connectivity index (χ0) is 9.11. The third-order valence-electron chi connectivity index (χ3n) is 0.642. The van der Waals surface area contributed by atoms with E-state index in [9.17, 15) is 0 Å². The van der Waals surface area contributed by atoms with E-state index in [2.05, 4.69) is 5.32 Å². The van der Waals surface area contributed by atoms with Crippen molar-refractivity contribution in [2.24, 2.45) is 11.5 Å². The quantitative estimate of drug-likeness (QED) is 0.446. The molecule has 1 radical (unpaired) electrons. The molecule has 0 aliphatic carbocycles. The molecule has 12 heavy (non-hydrogen) atoms. The van der Waals surface area contributed by atoms with Gasteiger partial charge in [0.25, 0.3) is 0 Å². The minimum absolute atomic E-state index is 0. The summed E-state index contributed by atoms with van der Waals surface area (Å²) in [5.74, 6) is -1.08. The van der Waals surface area contributed by atoms with Crippen LogP contribution in [0.2, 0.25) is 0 Å². The molecule has 0 aromatic carbocycles. The van der Waals surface area contributed by atoms with Crippen molar-refractivity contribution in [3.63, 3.8) is 0 Å². The maximum atomic E-state index is 8.89. The number of aliphatic carboxylic acids is 1. The van der Waals surface area contributed by atoms with Crippen molar-refractivity contribution >= 4 is 5.97 Å². The summed E-state index contributed by atoms with van der Waals surface area (Å²) in [6.45, 7) is 4.11. The summed E-state index contributed by atoms with van der Waals surface area (Å²) in [7, 11) is 0. The van der Waals surface area contributed by atoms with E-state index in [1.807, 2.05) is 0 Å². The Balaban J connectivity index is -0.000000142. The van der Waals surface area contributed by atoms with Crippen LogP contribution >= 0.6 is 0 Å². The van der Waals surface area contributed by atoms with Gasteiger partial charge < -0.3 is 26.7 Å². The molecular formula is C6H16CoN3O2+. The fourth-order valence-electron chi connectivity index (χ4n) is 0.329. The fraction of sp³-hybridized carbons (Fsp3) is 0.833. The molecule has 0 rings (SSSR count). The van der Waals surface area contributed by atoms with Crippen LogP contribution in [0.25, 0.3) is 0 Å². The van der Waals surface area contributed by atoms with Gasteiger partial charge in [-0.05, 0) is 6.92 Å². The Labute approximate surface area is 83.1 Å². The Hall–Kier alpha value is -0.144. The van der Waals surface area contributed by atoms with Gasteiger partial charge in [0, 0.05) is 32.1 Å². The summed E-state index contributed by atoms with van der Waals surface area (Å²) in [5.41, 5.74) is 10.3. The van der Waals surface area contributed by atoms with Crippen LogP contribution < -0.4 is 21.9 Å². The predicted octanol–water partition coefficient (Wildman–Crippen LogP) is -2.75. The number of nitrogens with one attached hydrogen (secondary N) is 1. The van der Waals surface area contributed by atoms with Crippen molar-refractivity contribution in [1.82, 2.24) is 5.32 Å². The first-order chi connectivity index (χ1) is 5.15. The van der Waals surface area contributed by atoms with Gasteiger partial charge >= 0.3 is 16.8 Å². The minimum Gasteiger partial charge on any atom is -0.550 e. The van der Waals surface area contributed by atoms with Gasteiger partial charge in [0.2, 0.25) is 0 Å². The number of hydrogen-bond donors (Lipinski definition) is 3. The summed E-state index contributed by atoms with van der Waals surface area (Å²) in [6, 6.07) is 0. The molecule has 0 atom stereocenters.